The van der Waals surface area contributed by atoms with Crippen molar-refractivity contribution in [1.29, 1.82) is 0 Å². The molecule has 0 aromatic carbocycles. The Morgan fingerprint density at radius 1 is 1.44 bits per heavy atom. The van der Waals surface area contributed by atoms with E-state index in [4.69, 9.17) is 0 Å². The summed E-state index contributed by atoms with van der Waals surface area (Å²) in [5.41, 5.74) is 0. The lowest BCUT2D eigenvalue weighted by atomic mass is 10.1. The van der Waals surface area contributed by atoms with Gasteiger partial charge in [0, 0.05) is 25.5 Å². The molecule has 3 nitrogen and oxygen atoms in total. The van der Waals surface area contributed by atoms with Gasteiger partial charge in [-0.15, -0.1) is 0 Å². The van der Waals surface area contributed by atoms with E-state index in [2.05, 4.69) is 28.0 Å². The predicted octanol–water partition coefficient (Wildman–Crippen LogP) is 3.29. The minimum atomic E-state index is 0.876. The van der Waals surface area contributed by atoms with Crippen LogP contribution < -0.4 is 5.32 Å². The SMILES string of the molecule is CCCCNc1nccn1CC1CCCC1. The van der Waals surface area contributed by atoms with Crippen LogP contribution in [0, 0.1) is 5.92 Å². The Kier molecular flexibility index (Phi) is 4.25. The number of nitrogens with one attached hydrogen (secondary N) is 1. The lowest BCUT2D eigenvalue weighted by Crippen LogP contribution is -2.12. The first-order chi connectivity index (χ1) is 7.90. The van der Waals surface area contributed by atoms with Crippen molar-refractivity contribution in [3.63, 3.8) is 0 Å². The fourth-order valence-corrected chi connectivity index (χ4v) is 2.47. The maximum Gasteiger partial charge on any atom is 0.202 e. The summed E-state index contributed by atoms with van der Waals surface area (Å²) in [6.45, 7) is 4.40. The molecular weight excluding hydrogens is 198 g/mol. The van der Waals surface area contributed by atoms with Gasteiger partial charge in [-0.1, -0.05) is 26.2 Å². The van der Waals surface area contributed by atoms with Crippen molar-refractivity contribution >= 4 is 5.95 Å². The zero-order chi connectivity index (χ0) is 11.2. The molecule has 0 amide bonds. The third kappa shape index (κ3) is 3.00. The van der Waals surface area contributed by atoms with Crippen molar-refractivity contribution in [2.24, 2.45) is 5.92 Å². The first kappa shape index (κ1) is 11.5. The van der Waals surface area contributed by atoms with Crippen LogP contribution in [0.4, 0.5) is 5.95 Å². The quantitative estimate of drug-likeness (QED) is 0.747. The van der Waals surface area contributed by atoms with E-state index >= 15 is 0 Å². The zero-order valence-electron chi connectivity index (χ0n) is 10.3. The van der Waals surface area contributed by atoms with Crippen LogP contribution >= 0.6 is 0 Å². The second-order valence-corrected chi connectivity index (χ2v) is 4.83. The molecule has 0 bridgehead atoms. The Morgan fingerprint density at radius 2 is 2.25 bits per heavy atom. The normalized spacial score (nSPS) is 16.8. The van der Waals surface area contributed by atoms with Crippen LogP contribution in [0.25, 0.3) is 0 Å². The van der Waals surface area contributed by atoms with E-state index in [1.54, 1.807) is 0 Å². The fraction of sp³-hybridized carbons (Fsp3) is 0.769. The number of hydrogen-bond acceptors (Lipinski definition) is 2. The number of rotatable bonds is 6. The summed E-state index contributed by atoms with van der Waals surface area (Å²) in [4.78, 5) is 4.38. The summed E-state index contributed by atoms with van der Waals surface area (Å²) in [7, 11) is 0. The molecule has 1 aromatic heterocycles. The lowest BCUT2D eigenvalue weighted by molar-refractivity contribution is 0.460. The van der Waals surface area contributed by atoms with Gasteiger partial charge in [0.25, 0.3) is 0 Å². The number of anilines is 1. The molecule has 1 aliphatic carbocycles. The Labute approximate surface area is 98.3 Å². The van der Waals surface area contributed by atoms with Crippen molar-refractivity contribution in [3.05, 3.63) is 12.4 Å². The summed E-state index contributed by atoms with van der Waals surface area (Å²) in [6, 6.07) is 0. The van der Waals surface area contributed by atoms with E-state index in [0.29, 0.717) is 0 Å². The van der Waals surface area contributed by atoms with Crippen LogP contribution in [-0.4, -0.2) is 16.1 Å². The van der Waals surface area contributed by atoms with E-state index in [0.717, 1.165) is 25.0 Å². The number of hydrogen-bond donors (Lipinski definition) is 1. The summed E-state index contributed by atoms with van der Waals surface area (Å²) in [5, 5.41) is 3.42. The smallest absolute Gasteiger partial charge is 0.202 e. The van der Waals surface area contributed by atoms with E-state index in [1.165, 1.54) is 38.5 Å². The van der Waals surface area contributed by atoms with Gasteiger partial charge in [-0.2, -0.15) is 0 Å². The van der Waals surface area contributed by atoms with E-state index in [9.17, 15) is 0 Å². The van der Waals surface area contributed by atoms with Crippen LogP contribution in [0.3, 0.4) is 0 Å². The van der Waals surface area contributed by atoms with Crippen LogP contribution in [0.1, 0.15) is 45.4 Å². The van der Waals surface area contributed by atoms with Gasteiger partial charge in [0.05, 0.1) is 0 Å². The van der Waals surface area contributed by atoms with Gasteiger partial charge in [-0.3, -0.25) is 0 Å². The molecular formula is C13H23N3. The third-order valence-corrected chi connectivity index (χ3v) is 3.46. The lowest BCUT2D eigenvalue weighted by Gasteiger charge is -2.13. The van der Waals surface area contributed by atoms with Gasteiger partial charge in [-0.25, -0.2) is 4.98 Å². The van der Waals surface area contributed by atoms with E-state index < -0.39 is 0 Å². The number of imidazole rings is 1. The summed E-state index contributed by atoms with van der Waals surface area (Å²) < 4.78 is 2.28. The van der Waals surface area contributed by atoms with E-state index in [-0.39, 0.29) is 0 Å². The molecule has 1 heterocycles. The average Bonchev–Trinajstić information content (AvgIpc) is 2.92. The van der Waals surface area contributed by atoms with Gasteiger partial charge in [-0.05, 0) is 25.2 Å². The summed E-state index contributed by atoms with van der Waals surface area (Å²) >= 11 is 0. The minimum absolute atomic E-state index is 0.876. The van der Waals surface area contributed by atoms with Crippen molar-refractivity contribution in [3.8, 4) is 0 Å². The molecule has 0 unspecified atom stereocenters. The predicted molar refractivity (Wildman–Crippen MR) is 67.6 cm³/mol. The highest BCUT2D eigenvalue weighted by molar-refractivity contribution is 5.25. The topological polar surface area (TPSA) is 29.9 Å². The van der Waals surface area contributed by atoms with Crippen molar-refractivity contribution in [1.82, 2.24) is 9.55 Å². The molecule has 0 atom stereocenters. The first-order valence-corrected chi connectivity index (χ1v) is 6.65. The molecule has 0 saturated heterocycles. The molecule has 0 spiro atoms. The molecule has 1 saturated carbocycles. The maximum absolute atomic E-state index is 4.38. The number of unbranched alkanes of at least 4 members (excludes halogenated alkanes) is 1. The second kappa shape index (κ2) is 5.92. The number of aromatic nitrogens is 2. The molecule has 3 heteroatoms. The monoisotopic (exact) mass is 221 g/mol. The van der Waals surface area contributed by atoms with Gasteiger partial charge < -0.3 is 9.88 Å². The molecule has 1 aromatic rings. The van der Waals surface area contributed by atoms with Crippen molar-refractivity contribution in [2.45, 2.75) is 52.0 Å². The third-order valence-electron chi connectivity index (χ3n) is 3.46. The minimum Gasteiger partial charge on any atom is -0.356 e. The highest BCUT2D eigenvalue weighted by Gasteiger charge is 2.16. The largest absolute Gasteiger partial charge is 0.356 e. The fourth-order valence-electron chi connectivity index (χ4n) is 2.47. The van der Waals surface area contributed by atoms with Gasteiger partial charge in [0.2, 0.25) is 5.95 Å². The molecule has 0 aliphatic heterocycles. The second-order valence-electron chi connectivity index (χ2n) is 4.83. The molecule has 2 rings (SSSR count). The Bertz CT molecular complexity index is 300. The van der Waals surface area contributed by atoms with Crippen LogP contribution in [-0.2, 0) is 6.54 Å². The Balaban J connectivity index is 1.85. The van der Waals surface area contributed by atoms with Gasteiger partial charge in [0.15, 0.2) is 0 Å². The molecule has 90 valence electrons. The molecule has 0 radical (unpaired) electrons. The summed E-state index contributed by atoms with van der Waals surface area (Å²) in [5.74, 6) is 1.93. The van der Waals surface area contributed by atoms with Crippen LogP contribution in [0.5, 0.6) is 0 Å². The number of nitrogens with zero attached hydrogens (tertiary/aromatic N) is 2. The van der Waals surface area contributed by atoms with Crippen LogP contribution in [0.2, 0.25) is 0 Å². The highest BCUT2D eigenvalue weighted by atomic mass is 15.2. The van der Waals surface area contributed by atoms with E-state index in [1.807, 2.05) is 6.20 Å². The molecule has 16 heavy (non-hydrogen) atoms. The van der Waals surface area contributed by atoms with Gasteiger partial charge >= 0.3 is 0 Å². The first-order valence-electron chi connectivity index (χ1n) is 6.65. The molecule has 1 aliphatic rings. The van der Waals surface area contributed by atoms with Crippen LogP contribution in [0.15, 0.2) is 12.4 Å². The Morgan fingerprint density at radius 3 is 3.00 bits per heavy atom. The molecule has 1 N–H and O–H groups in total. The standard InChI is InChI=1S/C13H23N3/c1-2-3-8-14-13-15-9-10-16(13)11-12-6-4-5-7-12/h9-10,12H,2-8,11H2,1H3,(H,14,15). The molecule has 1 fully saturated rings. The average molecular weight is 221 g/mol. The van der Waals surface area contributed by atoms with Crippen molar-refractivity contribution in [2.75, 3.05) is 11.9 Å². The maximum atomic E-state index is 4.38. The summed E-state index contributed by atoms with van der Waals surface area (Å²) in [6.07, 6.45) is 12.1. The zero-order valence-corrected chi connectivity index (χ0v) is 10.3. The van der Waals surface area contributed by atoms with Gasteiger partial charge in [0.1, 0.15) is 0 Å². The Hall–Kier alpha value is -0.990. The highest BCUT2D eigenvalue weighted by Crippen LogP contribution is 2.26. The van der Waals surface area contributed by atoms with Crippen molar-refractivity contribution < 1.29 is 0 Å².